The standard InChI is InChI=1S/C15H17N3O2/c1-15(2,3)14(20)13(18-10-16-9-17-18)8-11-4-6-12(19)7-5-11/h4-10,19H,1-3H3/b13-8-. The van der Waals surface area contributed by atoms with Crippen molar-refractivity contribution >= 4 is 17.6 Å². The second kappa shape index (κ2) is 5.28. The van der Waals surface area contributed by atoms with Crippen molar-refractivity contribution in [2.24, 2.45) is 5.41 Å². The highest BCUT2D eigenvalue weighted by atomic mass is 16.3. The molecule has 0 fully saturated rings. The van der Waals surface area contributed by atoms with Gasteiger partial charge in [0.25, 0.3) is 0 Å². The Hall–Kier alpha value is -2.43. The minimum absolute atomic E-state index is 0.0314. The van der Waals surface area contributed by atoms with Crippen LogP contribution < -0.4 is 0 Å². The molecule has 0 unspecified atom stereocenters. The first-order valence-electron chi connectivity index (χ1n) is 6.28. The van der Waals surface area contributed by atoms with Gasteiger partial charge >= 0.3 is 0 Å². The lowest BCUT2D eigenvalue weighted by Gasteiger charge is -2.18. The Kier molecular flexibility index (Phi) is 3.70. The Labute approximate surface area is 117 Å². The zero-order valence-electron chi connectivity index (χ0n) is 11.7. The zero-order valence-corrected chi connectivity index (χ0v) is 11.7. The molecule has 0 aliphatic carbocycles. The van der Waals surface area contributed by atoms with Crippen molar-refractivity contribution in [3.05, 3.63) is 42.5 Å². The number of carbonyl (C=O) groups is 1. The van der Waals surface area contributed by atoms with Crippen LogP contribution >= 0.6 is 0 Å². The number of rotatable bonds is 3. The monoisotopic (exact) mass is 271 g/mol. The molecular weight excluding hydrogens is 254 g/mol. The molecule has 0 bridgehead atoms. The number of benzene rings is 1. The van der Waals surface area contributed by atoms with E-state index in [9.17, 15) is 9.90 Å². The maximum absolute atomic E-state index is 12.5. The van der Waals surface area contributed by atoms with E-state index < -0.39 is 5.41 Å². The average molecular weight is 271 g/mol. The van der Waals surface area contributed by atoms with Crippen LogP contribution in [0.25, 0.3) is 11.8 Å². The van der Waals surface area contributed by atoms with Crippen LogP contribution in [0.15, 0.2) is 36.9 Å². The van der Waals surface area contributed by atoms with Gasteiger partial charge in [0.15, 0.2) is 5.78 Å². The third kappa shape index (κ3) is 3.12. The molecule has 2 aromatic rings. The van der Waals surface area contributed by atoms with Gasteiger partial charge in [-0.1, -0.05) is 32.9 Å². The summed E-state index contributed by atoms with van der Waals surface area (Å²) in [5.41, 5.74) is 0.737. The molecule has 1 aromatic heterocycles. The summed E-state index contributed by atoms with van der Waals surface area (Å²) >= 11 is 0. The van der Waals surface area contributed by atoms with Crippen LogP contribution in [0.1, 0.15) is 26.3 Å². The Morgan fingerprint density at radius 1 is 1.25 bits per heavy atom. The molecule has 0 aliphatic rings. The molecule has 20 heavy (non-hydrogen) atoms. The fourth-order valence-corrected chi connectivity index (χ4v) is 1.68. The van der Waals surface area contributed by atoms with E-state index in [2.05, 4.69) is 10.1 Å². The van der Waals surface area contributed by atoms with Crippen LogP contribution in [0.3, 0.4) is 0 Å². The van der Waals surface area contributed by atoms with Crippen molar-refractivity contribution in [2.75, 3.05) is 0 Å². The summed E-state index contributed by atoms with van der Waals surface area (Å²) in [6.45, 7) is 5.57. The van der Waals surface area contributed by atoms with E-state index >= 15 is 0 Å². The van der Waals surface area contributed by atoms with Crippen molar-refractivity contribution in [2.45, 2.75) is 20.8 Å². The molecular formula is C15H17N3O2. The summed E-state index contributed by atoms with van der Waals surface area (Å²) < 4.78 is 1.46. The largest absolute Gasteiger partial charge is 0.508 e. The minimum Gasteiger partial charge on any atom is -0.508 e. The summed E-state index contributed by atoms with van der Waals surface area (Å²) in [5, 5.41) is 13.3. The third-order valence-corrected chi connectivity index (χ3v) is 2.78. The number of Topliss-reactive ketones (excluding diaryl/α,β-unsaturated/α-hetero) is 1. The van der Waals surface area contributed by atoms with Gasteiger partial charge in [0.1, 0.15) is 24.1 Å². The van der Waals surface area contributed by atoms with Crippen LogP contribution in [0.2, 0.25) is 0 Å². The number of allylic oxidation sites excluding steroid dienone is 1. The molecule has 0 aliphatic heterocycles. The van der Waals surface area contributed by atoms with Gasteiger partial charge in [0.2, 0.25) is 0 Å². The maximum Gasteiger partial charge on any atom is 0.186 e. The van der Waals surface area contributed by atoms with Gasteiger partial charge in [-0.25, -0.2) is 9.67 Å². The molecule has 0 spiro atoms. The Morgan fingerprint density at radius 3 is 2.40 bits per heavy atom. The highest BCUT2D eigenvalue weighted by Gasteiger charge is 2.26. The van der Waals surface area contributed by atoms with E-state index in [1.165, 1.54) is 17.3 Å². The minimum atomic E-state index is -0.519. The molecule has 0 amide bonds. The number of hydrogen-bond donors (Lipinski definition) is 1. The van der Waals surface area contributed by atoms with Gasteiger partial charge in [-0.05, 0) is 23.8 Å². The Bertz CT molecular complexity index is 620. The number of phenolic OH excluding ortho intramolecular Hbond substituents is 1. The smallest absolute Gasteiger partial charge is 0.186 e. The molecule has 2 rings (SSSR count). The molecule has 5 nitrogen and oxygen atoms in total. The highest BCUT2D eigenvalue weighted by molar-refractivity contribution is 6.21. The van der Waals surface area contributed by atoms with Crippen LogP contribution in [-0.4, -0.2) is 25.7 Å². The second-order valence-corrected chi connectivity index (χ2v) is 5.54. The first-order valence-corrected chi connectivity index (χ1v) is 6.28. The van der Waals surface area contributed by atoms with E-state index in [0.29, 0.717) is 5.70 Å². The predicted molar refractivity (Wildman–Crippen MR) is 76.8 cm³/mol. The number of aromatic hydroxyl groups is 1. The van der Waals surface area contributed by atoms with E-state index in [4.69, 9.17) is 0 Å². The SMILES string of the molecule is CC(C)(C)C(=O)/C(=C/c1ccc(O)cc1)n1cncn1. The number of hydrogen-bond acceptors (Lipinski definition) is 4. The summed E-state index contributed by atoms with van der Waals surface area (Å²) in [6, 6.07) is 6.63. The molecule has 1 heterocycles. The average Bonchev–Trinajstić information content (AvgIpc) is 2.90. The number of aromatic nitrogens is 3. The van der Waals surface area contributed by atoms with E-state index in [1.54, 1.807) is 30.3 Å². The summed E-state index contributed by atoms with van der Waals surface area (Å²) in [6.07, 6.45) is 4.62. The van der Waals surface area contributed by atoms with Crippen molar-refractivity contribution in [1.82, 2.24) is 14.8 Å². The van der Waals surface area contributed by atoms with E-state index in [0.717, 1.165) is 5.56 Å². The lowest BCUT2D eigenvalue weighted by molar-refractivity contribution is -0.120. The quantitative estimate of drug-likeness (QED) is 0.871. The van der Waals surface area contributed by atoms with Crippen LogP contribution in [-0.2, 0) is 4.79 Å². The Balaban J connectivity index is 2.47. The summed E-state index contributed by atoms with van der Waals surface area (Å²) in [4.78, 5) is 16.4. The first-order chi connectivity index (χ1) is 9.38. The fraction of sp³-hybridized carbons (Fsp3) is 0.267. The van der Waals surface area contributed by atoms with Gasteiger partial charge in [-0.15, -0.1) is 0 Å². The zero-order chi connectivity index (χ0) is 14.8. The van der Waals surface area contributed by atoms with Gasteiger partial charge in [-0.2, -0.15) is 5.10 Å². The molecule has 1 aromatic carbocycles. The normalized spacial score (nSPS) is 12.4. The van der Waals surface area contributed by atoms with Gasteiger partial charge in [-0.3, -0.25) is 4.79 Å². The molecule has 0 saturated heterocycles. The second-order valence-electron chi connectivity index (χ2n) is 5.54. The molecule has 5 heteroatoms. The molecule has 104 valence electrons. The third-order valence-electron chi connectivity index (χ3n) is 2.78. The fourth-order valence-electron chi connectivity index (χ4n) is 1.68. The van der Waals surface area contributed by atoms with Gasteiger partial charge in [0.05, 0.1) is 0 Å². The Morgan fingerprint density at radius 2 is 1.90 bits per heavy atom. The van der Waals surface area contributed by atoms with Gasteiger partial charge < -0.3 is 5.11 Å². The summed E-state index contributed by atoms with van der Waals surface area (Å²) in [5.74, 6) is 0.155. The molecule has 0 saturated carbocycles. The molecule has 0 radical (unpaired) electrons. The van der Waals surface area contributed by atoms with Crippen molar-refractivity contribution in [3.63, 3.8) is 0 Å². The van der Waals surface area contributed by atoms with Crippen LogP contribution in [0.4, 0.5) is 0 Å². The number of ketones is 1. The first kappa shape index (κ1) is 14.0. The number of carbonyl (C=O) groups excluding carboxylic acids is 1. The number of nitrogens with zero attached hydrogens (tertiary/aromatic N) is 3. The van der Waals surface area contributed by atoms with Crippen LogP contribution in [0.5, 0.6) is 5.75 Å². The van der Waals surface area contributed by atoms with E-state index in [1.807, 2.05) is 20.8 Å². The van der Waals surface area contributed by atoms with Crippen LogP contribution in [0, 0.1) is 5.41 Å². The van der Waals surface area contributed by atoms with Crippen molar-refractivity contribution < 1.29 is 9.90 Å². The molecule has 0 atom stereocenters. The van der Waals surface area contributed by atoms with Gasteiger partial charge in [0, 0.05) is 5.41 Å². The maximum atomic E-state index is 12.5. The van der Waals surface area contributed by atoms with E-state index in [-0.39, 0.29) is 11.5 Å². The highest BCUT2D eigenvalue weighted by Crippen LogP contribution is 2.24. The van der Waals surface area contributed by atoms with Crippen molar-refractivity contribution in [3.8, 4) is 5.75 Å². The van der Waals surface area contributed by atoms with Crippen molar-refractivity contribution in [1.29, 1.82) is 0 Å². The lowest BCUT2D eigenvalue weighted by atomic mass is 9.88. The lowest BCUT2D eigenvalue weighted by Crippen LogP contribution is -2.24. The topological polar surface area (TPSA) is 68.0 Å². The predicted octanol–water partition coefficient (Wildman–Crippen LogP) is 2.60. The number of phenols is 1. The summed E-state index contributed by atoms with van der Waals surface area (Å²) in [7, 11) is 0. The molecule has 1 N–H and O–H groups in total.